The molecule has 2 N–H and O–H groups in total. The standard InChI is InChI=1S/C19H25N3OS2.ClH/c1-12-4-6-15(7-5-12)19-22-14(3)18(25-19)13(2)21-17(23)10-16-11-24-9-8-20-16;/h4-7,13,16,20H,8-11H2,1-3H3,(H,21,23);1H. The lowest BCUT2D eigenvalue weighted by Gasteiger charge is -2.23. The number of carbonyl (C=O) groups is 1. The van der Waals surface area contributed by atoms with Gasteiger partial charge in [0.1, 0.15) is 5.01 Å². The monoisotopic (exact) mass is 411 g/mol. The molecular weight excluding hydrogens is 386 g/mol. The first-order valence-electron chi connectivity index (χ1n) is 8.68. The van der Waals surface area contributed by atoms with E-state index in [-0.39, 0.29) is 30.4 Å². The molecule has 2 atom stereocenters. The van der Waals surface area contributed by atoms with Crippen LogP contribution in [-0.2, 0) is 4.79 Å². The van der Waals surface area contributed by atoms with Crippen LogP contribution >= 0.6 is 35.5 Å². The molecule has 26 heavy (non-hydrogen) atoms. The summed E-state index contributed by atoms with van der Waals surface area (Å²) in [6.07, 6.45) is 0.542. The first-order chi connectivity index (χ1) is 12.0. The van der Waals surface area contributed by atoms with Gasteiger partial charge >= 0.3 is 0 Å². The third-order valence-corrected chi connectivity index (χ3v) is 6.85. The zero-order chi connectivity index (χ0) is 17.8. The summed E-state index contributed by atoms with van der Waals surface area (Å²) in [5, 5.41) is 7.57. The van der Waals surface area contributed by atoms with E-state index in [1.54, 1.807) is 11.3 Å². The number of thiazole rings is 1. The fourth-order valence-corrected chi connectivity index (χ4v) is 4.99. The zero-order valence-corrected chi connectivity index (χ0v) is 17.8. The lowest BCUT2D eigenvalue weighted by atomic mass is 10.1. The Balaban J connectivity index is 0.00000243. The SMILES string of the molecule is Cc1ccc(-c2nc(C)c(C(C)NC(=O)CC3CSCCN3)s2)cc1.Cl. The molecule has 0 aliphatic carbocycles. The Morgan fingerprint density at radius 3 is 2.73 bits per heavy atom. The second-order valence-electron chi connectivity index (χ2n) is 6.55. The second-order valence-corrected chi connectivity index (χ2v) is 8.73. The molecule has 3 rings (SSSR count). The van der Waals surface area contributed by atoms with Crippen molar-refractivity contribution in [2.75, 3.05) is 18.1 Å². The number of amides is 1. The Morgan fingerprint density at radius 2 is 2.08 bits per heavy atom. The van der Waals surface area contributed by atoms with E-state index in [4.69, 9.17) is 4.98 Å². The average molecular weight is 412 g/mol. The maximum Gasteiger partial charge on any atom is 0.222 e. The van der Waals surface area contributed by atoms with Crippen LogP contribution in [0, 0.1) is 13.8 Å². The van der Waals surface area contributed by atoms with Crippen LogP contribution in [0.4, 0.5) is 0 Å². The molecule has 2 aromatic rings. The van der Waals surface area contributed by atoms with E-state index >= 15 is 0 Å². The van der Waals surface area contributed by atoms with Gasteiger partial charge in [-0.25, -0.2) is 4.98 Å². The summed E-state index contributed by atoms with van der Waals surface area (Å²) in [5.74, 6) is 2.26. The fourth-order valence-electron chi connectivity index (χ4n) is 2.97. The number of nitrogens with one attached hydrogen (secondary N) is 2. The van der Waals surface area contributed by atoms with Gasteiger partial charge in [0.2, 0.25) is 5.91 Å². The molecule has 2 heterocycles. The molecule has 0 radical (unpaired) electrons. The van der Waals surface area contributed by atoms with E-state index in [0.717, 1.165) is 39.2 Å². The molecule has 0 bridgehead atoms. The van der Waals surface area contributed by atoms with Crippen LogP contribution < -0.4 is 10.6 Å². The summed E-state index contributed by atoms with van der Waals surface area (Å²) < 4.78 is 0. The van der Waals surface area contributed by atoms with E-state index in [0.29, 0.717) is 6.42 Å². The van der Waals surface area contributed by atoms with Crippen molar-refractivity contribution >= 4 is 41.4 Å². The molecule has 4 nitrogen and oxygen atoms in total. The van der Waals surface area contributed by atoms with Crippen molar-refractivity contribution in [3.05, 3.63) is 40.4 Å². The summed E-state index contributed by atoms with van der Waals surface area (Å²) in [6, 6.07) is 8.69. The number of nitrogens with zero attached hydrogens (tertiary/aromatic N) is 1. The number of carbonyl (C=O) groups excluding carboxylic acids is 1. The number of benzene rings is 1. The molecule has 0 saturated carbocycles. The van der Waals surface area contributed by atoms with Gasteiger partial charge in [-0.1, -0.05) is 29.8 Å². The first-order valence-corrected chi connectivity index (χ1v) is 10.6. The number of hydrogen-bond acceptors (Lipinski definition) is 5. The molecule has 7 heteroatoms. The van der Waals surface area contributed by atoms with E-state index in [2.05, 4.69) is 41.8 Å². The summed E-state index contributed by atoms with van der Waals surface area (Å²) in [5.41, 5.74) is 3.37. The topological polar surface area (TPSA) is 54.0 Å². The van der Waals surface area contributed by atoms with Crippen molar-refractivity contribution in [2.45, 2.75) is 39.3 Å². The molecule has 142 valence electrons. The summed E-state index contributed by atoms with van der Waals surface area (Å²) >= 11 is 3.58. The zero-order valence-electron chi connectivity index (χ0n) is 15.4. The van der Waals surface area contributed by atoms with Gasteiger partial charge in [-0.05, 0) is 20.8 Å². The molecule has 0 spiro atoms. The largest absolute Gasteiger partial charge is 0.349 e. The molecule has 1 aromatic heterocycles. The minimum atomic E-state index is -0.0135. The quantitative estimate of drug-likeness (QED) is 0.776. The van der Waals surface area contributed by atoms with Crippen molar-refractivity contribution < 1.29 is 4.79 Å². The Kier molecular flexibility index (Phi) is 7.95. The van der Waals surface area contributed by atoms with Crippen molar-refractivity contribution in [3.63, 3.8) is 0 Å². The minimum absolute atomic E-state index is 0. The van der Waals surface area contributed by atoms with Crippen LogP contribution in [0.25, 0.3) is 10.6 Å². The Hall–Kier alpha value is -1.08. The number of halogens is 1. The highest BCUT2D eigenvalue weighted by Crippen LogP contribution is 2.32. The minimum Gasteiger partial charge on any atom is -0.349 e. The fraction of sp³-hybridized carbons (Fsp3) is 0.474. The summed E-state index contributed by atoms with van der Waals surface area (Å²) in [4.78, 5) is 18.2. The maximum absolute atomic E-state index is 12.3. The van der Waals surface area contributed by atoms with Crippen LogP contribution in [-0.4, -0.2) is 35.0 Å². The van der Waals surface area contributed by atoms with Gasteiger partial charge in [0.05, 0.1) is 16.6 Å². The number of rotatable bonds is 5. The Bertz CT molecular complexity index is 727. The van der Waals surface area contributed by atoms with Crippen LogP contribution in [0.1, 0.15) is 35.5 Å². The normalized spacial score (nSPS) is 18.0. The molecule has 1 aliphatic heterocycles. The molecule has 2 unspecified atom stereocenters. The smallest absolute Gasteiger partial charge is 0.222 e. The van der Waals surface area contributed by atoms with Crippen molar-refractivity contribution in [1.29, 1.82) is 0 Å². The van der Waals surface area contributed by atoms with Crippen LogP contribution in [0.2, 0.25) is 0 Å². The van der Waals surface area contributed by atoms with Gasteiger partial charge in [-0.2, -0.15) is 11.8 Å². The molecule has 1 fully saturated rings. The highest BCUT2D eigenvalue weighted by atomic mass is 35.5. The Morgan fingerprint density at radius 1 is 1.35 bits per heavy atom. The third kappa shape index (κ3) is 5.46. The van der Waals surface area contributed by atoms with Gasteiger partial charge in [0, 0.05) is 36.1 Å². The number of thioether (sulfide) groups is 1. The molecular formula is C19H26ClN3OS2. The van der Waals surface area contributed by atoms with Crippen LogP contribution in [0.15, 0.2) is 24.3 Å². The van der Waals surface area contributed by atoms with E-state index in [9.17, 15) is 4.79 Å². The van der Waals surface area contributed by atoms with E-state index in [1.165, 1.54) is 5.56 Å². The Labute approximate surface area is 170 Å². The summed E-state index contributed by atoms with van der Waals surface area (Å²) in [6.45, 7) is 7.14. The highest BCUT2D eigenvalue weighted by Gasteiger charge is 2.20. The molecule has 1 saturated heterocycles. The third-order valence-electron chi connectivity index (χ3n) is 4.33. The predicted molar refractivity (Wildman–Crippen MR) is 115 cm³/mol. The van der Waals surface area contributed by atoms with Gasteiger partial charge in [0.15, 0.2) is 0 Å². The van der Waals surface area contributed by atoms with Gasteiger partial charge in [-0.3, -0.25) is 4.79 Å². The first kappa shape index (κ1) is 21.2. The van der Waals surface area contributed by atoms with Gasteiger partial charge in [0.25, 0.3) is 0 Å². The van der Waals surface area contributed by atoms with Gasteiger partial charge in [-0.15, -0.1) is 23.7 Å². The van der Waals surface area contributed by atoms with Crippen LogP contribution in [0.5, 0.6) is 0 Å². The molecule has 1 aliphatic rings. The van der Waals surface area contributed by atoms with E-state index in [1.807, 2.05) is 25.6 Å². The molecule has 1 amide bonds. The highest BCUT2D eigenvalue weighted by molar-refractivity contribution is 7.99. The van der Waals surface area contributed by atoms with Crippen LogP contribution in [0.3, 0.4) is 0 Å². The number of hydrogen-bond donors (Lipinski definition) is 2. The van der Waals surface area contributed by atoms with Crippen molar-refractivity contribution in [1.82, 2.24) is 15.6 Å². The lowest BCUT2D eigenvalue weighted by Crippen LogP contribution is -2.41. The van der Waals surface area contributed by atoms with Gasteiger partial charge < -0.3 is 10.6 Å². The summed E-state index contributed by atoms with van der Waals surface area (Å²) in [7, 11) is 0. The maximum atomic E-state index is 12.3. The molecule has 1 aromatic carbocycles. The number of aromatic nitrogens is 1. The van der Waals surface area contributed by atoms with Crippen molar-refractivity contribution in [3.8, 4) is 10.6 Å². The van der Waals surface area contributed by atoms with Crippen molar-refractivity contribution in [2.24, 2.45) is 0 Å². The average Bonchev–Trinajstić information content (AvgIpc) is 2.98. The predicted octanol–water partition coefficient (Wildman–Crippen LogP) is 4.12. The second kappa shape index (κ2) is 9.74. The lowest BCUT2D eigenvalue weighted by molar-refractivity contribution is -0.122. The van der Waals surface area contributed by atoms with E-state index < -0.39 is 0 Å². The number of aryl methyl sites for hydroxylation is 2.